The van der Waals surface area contributed by atoms with Crippen molar-refractivity contribution in [2.75, 3.05) is 32.7 Å². The lowest BCUT2D eigenvalue weighted by atomic mass is 10.2. The summed E-state index contributed by atoms with van der Waals surface area (Å²) in [6, 6.07) is 4.54. The van der Waals surface area contributed by atoms with Gasteiger partial charge in [-0.3, -0.25) is 19.3 Å². The van der Waals surface area contributed by atoms with E-state index in [9.17, 15) is 14.4 Å². The third-order valence-electron chi connectivity index (χ3n) is 5.84. The Bertz CT molecular complexity index is 1050. The van der Waals surface area contributed by atoms with Crippen LogP contribution >= 0.6 is 0 Å². The van der Waals surface area contributed by atoms with Gasteiger partial charge in [0.1, 0.15) is 5.69 Å². The molecule has 0 saturated carbocycles. The van der Waals surface area contributed by atoms with Gasteiger partial charge in [0.05, 0.1) is 18.3 Å². The van der Waals surface area contributed by atoms with E-state index in [0.717, 1.165) is 50.2 Å². The van der Waals surface area contributed by atoms with E-state index in [0.29, 0.717) is 25.3 Å². The van der Waals surface area contributed by atoms with Gasteiger partial charge in [-0.1, -0.05) is 0 Å². The Balaban J connectivity index is 1.33. The first kappa shape index (κ1) is 20.5. The van der Waals surface area contributed by atoms with Crippen LogP contribution in [0.2, 0.25) is 0 Å². The van der Waals surface area contributed by atoms with Crippen molar-refractivity contribution in [3.8, 4) is 0 Å². The molecule has 0 bridgehead atoms. The maximum Gasteiger partial charge on any atom is 0.274 e. The number of hydrogen-bond acceptors (Lipinski definition) is 6. The monoisotopic (exact) mass is 412 g/mol. The van der Waals surface area contributed by atoms with Gasteiger partial charge < -0.3 is 4.90 Å². The minimum Gasteiger partial charge on any atom is -0.335 e. The molecule has 9 nitrogen and oxygen atoms in total. The minimum absolute atomic E-state index is 0.0317. The van der Waals surface area contributed by atoms with Gasteiger partial charge in [-0.15, -0.1) is 0 Å². The number of amides is 1. The first-order valence-electron chi connectivity index (χ1n) is 10.6. The molecule has 1 aliphatic carbocycles. The van der Waals surface area contributed by atoms with Crippen molar-refractivity contribution in [3.63, 3.8) is 0 Å². The Morgan fingerprint density at radius 2 is 1.77 bits per heavy atom. The molecule has 4 rings (SSSR count). The fraction of sp³-hybridized carbons (Fsp3) is 0.571. The highest BCUT2D eigenvalue weighted by Gasteiger charge is 2.24. The van der Waals surface area contributed by atoms with Gasteiger partial charge in [0.15, 0.2) is 0 Å². The summed E-state index contributed by atoms with van der Waals surface area (Å²) in [5.41, 5.74) is 2.21. The van der Waals surface area contributed by atoms with Crippen molar-refractivity contribution in [2.24, 2.45) is 0 Å². The summed E-state index contributed by atoms with van der Waals surface area (Å²) < 4.78 is 2.91. The standard InChI is InChI=1S/C21H28N6O3/c1-15(2)27-19(28)7-6-18(23-27)21(30)25-11-8-24(9-12-25)10-13-26-20(29)14-16-4-3-5-17(16)22-26/h6-7,14-15H,3-5,8-13H2,1-2H3. The summed E-state index contributed by atoms with van der Waals surface area (Å²) in [5.74, 6) is -0.152. The summed E-state index contributed by atoms with van der Waals surface area (Å²) in [7, 11) is 0. The number of rotatable bonds is 5. The molecule has 0 radical (unpaired) electrons. The second-order valence-electron chi connectivity index (χ2n) is 8.26. The normalized spacial score (nSPS) is 16.8. The van der Waals surface area contributed by atoms with Crippen molar-refractivity contribution in [1.29, 1.82) is 0 Å². The first-order chi connectivity index (χ1) is 14.4. The zero-order valence-electron chi connectivity index (χ0n) is 17.6. The van der Waals surface area contributed by atoms with Crippen LogP contribution in [0.15, 0.2) is 27.8 Å². The van der Waals surface area contributed by atoms with E-state index in [1.165, 1.54) is 16.8 Å². The predicted octanol–water partition coefficient (Wildman–Crippen LogP) is 0.328. The Kier molecular flexibility index (Phi) is 5.80. The predicted molar refractivity (Wildman–Crippen MR) is 112 cm³/mol. The molecule has 0 aromatic carbocycles. The SMILES string of the molecule is CC(C)n1nc(C(=O)N2CCN(CCn3nc4c(cc3=O)CCC4)CC2)ccc1=O. The van der Waals surface area contributed by atoms with Crippen molar-refractivity contribution in [1.82, 2.24) is 29.4 Å². The molecule has 1 amide bonds. The molecule has 0 unspecified atom stereocenters. The Morgan fingerprint density at radius 1 is 1.00 bits per heavy atom. The van der Waals surface area contributed by atoms with Crippen LogP contribution in [0.3, 0.4) is 0 Å². The Labute approximate surface area is 174 Å². The second-order valence-corrected chi connectivity index (χ2v) is 8.26. The third-order valence-corrected chi connectivity index (χ3v) is 5.84. The molecule has 2 aromatic heterocycles. The smallest absolute Gasteiger partial charge is 0.274 e. The molecule has 2 aliphatic rings. The maximum atomic E-state index is 12.8. The van der Waals surface area contributed by atoms with E-state index in [4.69, 9.17) is 0 Å². The molecule has 0 atom stereocenters. The minimum atomic E-state index is -0.207. The summed E-state index contributed by atoms with van der Waals surface area (Å²) in [6.45, 7) is 7.66. The number of aromatic nitrogens is 4. The first-order valence-corrected chi connectivity index (χ1v) is 10.6. The van der Waals surface area contributed by atoms with Crippen LogP contribution in [0.25, 0.3) is 0 Å². The van der Waals surface area contributed by atoms with Crippen LogP contribution in [0.5, 0.6) is 0 Å². The van der Waals surface area contributed by atoms with E-state index in [2.05, 4.69) is 15.1 Å². The van der Waals surface area contributed by atoms with Crippen molar-refractivity contribution < 1.29 is 4.79 Å². The largest absolute Gasteiger partial charge is 0.335 e. The molecule has 160 valence electrons. The number of nitrogens with zero attached hydrogens (tertiary/aromatic N) is 6. The van der Waals surface area contributed by atoms with E-state index in [1.807, 2.05) is 13.8 Å². The van der Waals surface area contributed by atoms with Crippen LogP contribution in [0, 0.1) is 0 Å². The molecule has 9 heteroatoms. The van der Waals surface area contributed by atoms with Gasteiger partial charge in [-0.25, -0.2) is 9.36 Å². The summed E-state index contributed by atoms with van der Waals surface area (Å²) in [4.78, 5) is 40.9. The number of carbonyl (C=O) groups is 1. The zero-order chi connectivity index (χ0) is 21.3. The van der Waals surface area contributed by atoms with Crippen LogP contribution in [-0.4, -0.2) is 68.0 Å². The molecular weight excluding hydrogens is 384 g/mol. The molecular formula is C21H28N6O3. The highest BCUT2D eigenvalue weighted by atomic mass is 16.2. The van der Waals surface area contributed by atoms with Gasteiger partial charge in [0, 0.05) is 44.9 Å². The molecule has 0 spiro atoms. The number of aryl methyl sites for hydroxylation is 2. The molecule has 30 heavy (non-hydrogen) atoms. The number of fused-ring (bicyclic) bond motifs is 1. The fourth-order valence-electron chi connectivity index (χ4n) is 4.08. The number of hydrogen-bond donors (Lipinski definition) is 0. The fourth-order valence-corrected chi connectivity index (χ4v) is 4.08. The quantitative estimate of drug-likeness (QED) is 0.703. The van der Waals surface area contributed by atoms with E-state index in [1.54, 1.807) is 15.6 Å². The molecule has 0 N–H and O–H groups in total. The molecule has 1 fully saturated rings. The molecule has 1 saturated heterocycles. The lowest BCUT2D eigenvalue weighted by Crippen LogP contribution is -2.50. The van der Waals surface area contributed by atoms with Gasteiger partial charge in [-0.2, -0.15) is 10.2 Å². The van der Waals surface area contributed by atoms with Gasteiger partial charge >= 0.3 is 0 Å². The van der Waals surface area contributed by atoms with E-state index in [-0.39, 0.29) is 23.1 Å². The summed E-state index contributed by atoms with van der Waals surface area (Å²) in [6.07, 6.45) is 2.98. The molecule has 2 aromatic rings. The highest BCUT2D eigenvalue weighted by Crippen LogP contribution is 2.17. The van der Waals surface area contributed by atoms with Gasteiger partial charge in [0.25, 0.3) is 17.0 Å². The van der Waals surface area contributed by atoms with Crippen LogP contribution in [-0.2, 0) is 19.4 Å². The average molecular weight is 412 g/mol. The van der Waals surface area contributed by atoms with Crippen molar-refractivity contribution >= 4 is 5.91 Å². The van der Waals surface area contributed by atoms with E-state index < -0.39 is 0 Å². The Hall–Kier alpha value is -2.81. The topological polar surface area (TPSA) is 93.3 Å². The number of carbonyl (C=O) groups excluding carboxylic acids is 1. The van der Waals surface area contributed by atoms with E-state index >= 15 is 0 Å². The molecule has 3 heterocycles. The second kappa shape index (κ2) is 8.51. The zero-order valence-corrected chi connectivity index (χ0v) is 17.6. The van der Waals surface area contributed by atoms with Crippen LogP contribution < -0.4 is 11.1 Å². The highest BCUT2D eigenvalue weighted by molar-refractivity contribution is 5.92. The van der Waals surface area contributed by atoms with Gasteiger partial charge in [-0.05, 0) is 44.7 Å². The van der Waals surface area contributed by atoms with Crippen molar-refractivity contribution in [2.45, 2.75) is 45.7 Å². The third kappa shape index (κ3) is 4.21. The Morgan fingerprint density at radius 3 is 2.50 bits per heavy atom. The average Bonchev–Trinajstić information content (AvgIpc) is 3.19. The lowest BCUT2D eigenvalue weighted by molar-refractivity contribution is 0.0622. The lowest BCUT2D eigenvalue weighted by Gasteiger charge is -2.34. The van der Waals surface area contributed by atoms with Gasteiger partial charge in [0.2, 0.25) is 0 Å². The molecule has 1 aliphatic heterocycles. The van der Waals surface area contributed by atoms with Crippen LogP contribution in [0.4, 0.5) is 0 Å². The number of piperazine rings is 1. The summed E-state index contributed by atoms with van der Waals surface area (Å²) >= 11 is 0. The summed E-state index contributed by atoms with van der Waals surface area (Å²) in [5, 5.41) is 8.76. The van der Waals surface area contributed by atoms with Crippen molar-refractivity contribution in [3.05, 3.63) is 55.9 Å². The maximum absolute atomic E-state index is 12.8. The van der Waals surface area contributed by atoms with Crippen LogP contribution in [0.1, 0.15) is 48.1 Å².